The van der Waals surface area contributed by atoms with Crippen molar-refractivity contribution in [3.8, 4) is 5.75 Å². The zero-order valence-corrected chi connectivity index (χ0v) is 15.0. The van der Waals surface area contributed by atoms with E-state index in [0.717, 1.165) is 29.2 Å². The Labute approximate surface area is 158 Å². The molecule has 2 saturated heterocycles. The van der Waals surface area contributed by atoms with Crippen LogP contribution in [0.15, 0.2) is 24.3 Å². The van der Waals surface area contributed by atoms with Gasteiger partial charge in [-0.1, -0.05) is 0 Å². The summed E-state index contributed by atoms with van der Waals surface area (Å²) in [6.45, 7) is 0.771. The molecular weight excluding hydrogens is 387 g/mol. The van der Waals surface area contributed by atoms with Crippen molar-refractivity contribution in [1.29, 1.82) is 0 Å². The predicted molar refractivity (Wildman–Crippen MR) is 87.9 cm³/mol. The molecule has 0 spiro atoms. The highest BCUT2D eigenvalue weighted by molar-refractivity contribution is 5.79. The van der Waals surface area contributed by atoms with Gasteiger partial charge in [-0.3, -0.25) is 9.69 Å². The third-order valence-electron chi connectivity index (χ3n) is 4.96. The van der Waals surface area contributed by atoms with Gasteiger partial charge in [-0.05, 0) is 37.6 Å². The number of piperidine rings is 1. The highest BCUT2D eigenvalue weighted by Crippen LogP contribution is 2.34. The molecule has 5 nitrogen and oxygen atoms in total. The summed E-state index contributed by atoms with van der Waals surface area (Å²) in [6, 6.07) is 2.34. The van der Waals surface area contributed by atoms with E-state index in [1.54, 1.807) is 6.92 Å². The number of rotatable bonds is 2. The van der Waals surface area contributed by atoms with Crippen molar-refractivity contribution in [2.45, 2.75) is 50.4 Å². The molecule has 1 aromatic carbocycles. The van der Waals surface area contributed by atoms with Gasteiger partial charge in [0.05, 0.1) is 18.2 Å². The average Bonchev–Trinajstić information content (AvgIpc) is 2.91. The molecule has 0 saturated carbocycles. The highest BCUT2D eigenvalue weighted by atomic mass is 19.4. The molecule has 0 aliphatic carbocycles. The van der Waals surface area contributed by atoms with Gasteiger partial charge >= 0.3 is 12.3 Å². The first-order valence-corrected chi connectivity index (χ1v) is 8.79. The third kappa shape index (κ3) is 4.36. The van der Waals surface area contributed by atoms with Crippen LogP contribution in [0.4, 0.5) is 26.7 Å². The maximum absolute atomic E-state index is 14.2. The summed E-state index contributed by atoms with van der Waals surface area (Å²) in [6.07, 6.45) is -5.34. The van der Waals surface area contributed by atoms with Gasteiger partial charge in [0.25, 0.3) is 5.92 Å². The lowest BCUT2D eigenvalue weighted by Gasteiger charge is -2.42. The van der Waals surface area contributed by atoms with Gasteiger partial charge in [0, 0.05) is 25.4 Å². The largest absolute Gasteiger partial charge is 0.416 e. The summed E-state index contributed by atoms with van der Waals surface area (Å²) in [5, 5.41) is 0. The zero-order valence-electron chi connectivity index (χ0n) is 15.0. The van der Waals surface area contributed by atoms with Crippen molar-refractivity contribution in [3.05, 3.63) is 29.8 Å². The molecule has 0 radical (unpaired) electrons. The van der Waals surface area contributed by atoms with Crippen LogP contribution in [-0.2, 0) is 11.0 Å². The highest BCUT2D eigenvalue weighted by Gasteiger charge is 2.47. The number of nitrogens with zero attached hydrogens (tertiary/aromatic N) is 2. The monoisotopic (exact) mass is 406 g/mol. The molecule has 28 heavy (non-hydrogen) atoms. The van der Waals surface area contributed by atoms with Crippen molar-refractivity contribution in [2.24, 2.45) is 0 Å². The van der Waals surface area contributed by atoms with Gasteiger partial charge in [0.15, 0.2) is 0 Å². The van der Waals surface area contributed by atoms with Crippen LogP contribution >= 0.6 is 0 Å². The fourth-order valence-electron chi connectivity index (χ4n) is 3.68. The molecule has 154 valence electrons. The van der Waals surface area contributed by atoms with E-state index in [2.05, 4.69) is 0 Å². The Hall–Kier alpha value is -2.39. The second kappa shape index (κ2) is 7.21. The first kappa shape index (κ1) is 20.3. The molecule has 10 heteroatoms. The Bertz CT molecular complexity index is 751. The second-order valence-corrected chi connectivity index (χ2v) is 7.17. The number of hydrogen-bond donors (Lipinski definition) is 0. The quantitative estimate of drug-likeness (QED) is 0.700. The molecule has 2 heterocycles. The number of benzene rings is 1. The number of hydrogen-bond acceptors (Lipinski definition) is 3. The Morgan fingerprint density at radius 2 is 1.86 bits per heavy atom. The molecule has 0 bridgehead atoms. The van der Waals surface area contributed by atoms with Crippen LogP contribution in [0.1, 0.15) is 31.7 Å². The van der Waals surface area contributed by atoms with E-state index in [4.69, 9.17) is 4.74 Å². The lowest BCUT2D eigenvalue weighted by molar-refractivity contribution is -0.138. The summed E-state index contributed by atoms with van der Waals surface area (Å²) in [4.78, 5) is 26.5. The van der Waals surface area contributed by atoms with Crippen LogP contribution in [0, 0.1) is 0 Å². The number of likely N-dealkylation sites (tertiary alicyclic amines) is 2. The molecule has 0 N–H and O–H groups in total. The maximum Gasteiger partial charge on any atom is 0.416 e. The predicted octanol–water partition coefficient (Wildman–Crippen LogP) is 3.92. The van der Waals surface area contributed by atoms with E-state index in [1.165, 1.54) is 4.90 Å². The minimum Gasteiger partial charge on any atom is -0.410 e. The van der Waals surface area contributed by atoms with Gasteiger partial charge in [-0.15, -0.1) is 0 Å². The molecule has 2 fully saturated rings. The summed E-state index contributed by atoms with van der Waals surface area (Å²) in [7, 11) is 0. The van der Waals surface area contributed by atoms with Crippen molar-refractivity contribution < 1.29 is 36.3 Å². The third-order valence-corrected chi connectivity index (χ3v) is 4.96. The van der Waals surface area contributed by atoms with Crippen LogP contribution in [-0.4, -0.2) is 52.9 Å². The maximum atomic E-state index is 14.2. The number of alkyl halides is 5. The van der Waals surface area contributed by atoms with Gasteiger partial charge < -0.3 is 9.64 Å². The van der Waals surface area contributed by atoms with E-state index >= 15 is 0 Å². The number of carbonyl (C=O) groups is 2. The summed E-state index contributed by atoms with van der Waals surface area (Å²) in [5.74, 6) is -3.62. The van der Waals surface area contributed by atoms with Crippen LogP contribution in [0.5, 0.6) is 5.75 Å². The normalized spacial score (nSPS) is 25.1. The van der Waals surface area contributed by atoms with Crippen LogP contribution < -0.4 is 4.74 Å². The van der Waals surface area contributed by atoms with Gasteiger partial charge in [-0.2, -0.15) is 13.2 Å². The van der Waals surface area contributed by atoms with Crippen molar-refractivity contribution in [1.82, 2.24) is 9.80 Å². The van der Waals surface area contributed by atoms with E-state index < -0.39 is 42.8 Å². The average molecular weight is 406 g/mol. The molecule has 2 aliphatic rings. The first-order valence-electron chi connectivity index (χ1n) is 8.79. The Morgan fingerprint density at radius 3 is 2.39 bits per heavy atom. The minimum absolute atomic E-state index is 0.120. The van der Waals surface area contributed by atoms with Crippen molar-refractivity contribution in [2.75, 3.05) is 13.1 Å². The second-order valence-electron chi connectivity index (χ2n) is 7.17. The lowest BCUT2D eigenvalue weighted by atomic mass is 10.0. The van der Waals surface area contributed by atoms with Gasteiger partial charge in [0.1, 0.15) is 5.75 Å². The molecule has 2 amide bonds. The standard InChI is InChI=1S/C18H19F5N2O3/c1-11-2-7-15(26)25(11)13-8-17(19,20)10-24(9-13)16(27)28-14-5-3-12(4-6-14)18(21,22)23/h3-6,11,13H,2,7-10H2,1H3/t11-,13+/m1/s1. The van der Waals surface area contributed by atoms with Crippen LogP contribution in [0.25, 0.3) is 0 Å². The summed E-state index contributed by atoms with van der Waals surface area (Å²) in [5.41, 5.74) is -0.918. The fourth-order valence-corrected chi connectivity index (χ4v) is 3.68. The molecule has 3 rings (SSSR count). The molecular formula is C18H19F5N2O3. The number of halogens is 5. The molecule has 0 unspecified atom stereocenters. The smallest absolute Gasteiger partial charge is 0.410 e. The molecule has 2 aliphatic heterocycles. The van der Waals surface area contributed by atoms with Gasteiger partial charge in [-0.25, -0.2) is 13.6 Å². The van der Waals surface area contributed by atoms with Crippen LogP contribution in [0.3, 0.4) is 0 Å². The number of carbonyl (C=O) groups excluding carboxylic acids is 2. The number of amides is 2. The van der Waals surface area contributed by atoms with Crippen molar-refractivity contribution >= 4 is 12.0 Å². The first-order chi connectivity index (χ1) is 13.0. The molecule has 2 atom stereocenters. The fraction of sp³-hybridized carbons (Fsp3) is 0.556. The van der Waals surface area contributed by atoms with Gasteiger partial charge in [0.2, 0.25) is 5.91 Å². The lowest BCUT2D eigenvalue weighted by Crippen LogP contribution is -2.58. The van der Waals surface area contributed by atoms with E-state index in [0.29, 0.717) is 6.42 Å². The van der Waals surface area contributed by atoms with E-state index in [1.807, 2.05) is 0 Å². The number of ether oxygens (including phenoxy) is 1. The van der Waals surface area contributed by atoms with Crippen LogP contribution in [0.2, 0.25) is 0 Å². The topological polar surface area (TPSA) is 49.9 Å². The SMILES string of the molecule is C[C@@H]1CCC(=O)N1[C@@H]1CN(C(=O)Oc2ccc(C(F)(F)F)cc2)CC(F)(F)C1. The van der Waals surface area contributed by atoms with E-state index in [-0.39, 0.29) is 30.7 Å². The minimum atomic E-state index is -4.54. The molecule has 1 aromatic rings. The molecule has 0 aromatic heterocycles. The zero-order chi connectivity index (χ0) is 20.7. The Kier molecular flexibility index (Phi) is 5.24. The Balaban J connectivity index is 1.71. The summed E-state index contributed by atoms with van der Waals surface area (Å²) >= 11 is 0. The van der Waals surface area contributed by atoms with Crippen molar-refractivity contribution in [3.63, 3.8) is 0 Å². The van der Waals surface area contributed by atoms with E-state index in [9.17, 15) is 31.5 Å². The Morgan fingerprint density at radius 1 is 1.21 bits per heavy atom. The summed E-state index contributed by atoms with van der Waals surface area (Å²) < 4.78 is 71.1.